The SMILES string of the molecule is CC12C=C[C@@H](O1)C(C)(C)C(=O)[C@H]2Cl. The maximum atomic E-state index is 11.9. The topological polar surface area (TPSA) is 26.3 Å². The van der Waals surface area contributed by atoms with Crippen LogP contribution in [0.3, 0.4) is 0 Å². The third-order valence-electron chi connectivity index (χ3n) is 3.06. The molecule has 0 aliphatic carbocycles. The molecular formula is C10H13ClO2. The van der Waals surface area contributed by atoms with E-state index in [0.717, 1.165) is 0 Å². The van der Waals surface area contributed by atoms with Gasteiger partial charge in [-0.1, -0.05) is 26.0 Å². The molecule has 0 aromatic carbocycles. The number of hydrogen-bond acceptors (Lipinski definition) is 2. The van der Waals surface area contributed by atoms with E-state index in [1.54, 1.807) is 0 Å². The molecule has 2 rings (SSSR count). The van der Waals surface area contributed by atoms with Gasteiger partial charge in [0.05, 0.1) is 11.5 Å². The van der Waals surface area contributed by atoms with E-state index in [9.17, 15) is 4.79 Å². The van der Waals surface area contributed by atoms with Crippen LogP contribution in [0.25, 0.3) is 0 Å². The van der Waals surface area contributed by atoms with Crippen LogP contribution in [0.2, 0.25) is 0 Å². The second-order valence-electron chi connectivity index (χ2n) is 4.53. The van der Waals surface area contributed by atoms with Gasteiger partial charge in [-0.3, -0.25) is 4.79 Å². The van der Waals surface area contributed by atoms with Crippen molar-refractivity contribution in [3.8, 4) is 0 Å². The smallest absolute Gasteiger partial charge is 0.162 e. The molecule has 1 saturated heterocycles. The maximum absolute atomic E-state index is 11.9. The number of halogens is 1. The van der Waals surface area contributed by atoms with Gasteiger partial charge in [0.2, 0.25) is 0 Å². The van der Waals surface area contributed by atoms with Crippen molar-refractivity contribution in [1.29, 1.82) is 0 Å². The number of fused-ring (bicyclic) bond motifs is 2. The van der Waals surface area contributed by atoms with Gasteiger partial charge in [0.1, 0.15) is 11.0 Å². The highest BCUT2D eigenvalue weighted by Gasteiger charge is 2.56. The van der Waals surface area contributed by atoms with Crippen LogP contribution in [0.15, 0.2) is 12.2 Å². The summed E-state index contributed by atoms with van der Waals surface area (Å²) in [6.07, 6.45) is 3.74. The van der Waals surface area contributed by atoms with Gasteiger partial charge >= 0.3 is 0 Å². The minimum Gasteiger partial charge on any atom is -0.361 e. The Morgan fingerprint density at radius 3 is 2.69 bits per heavy atom. The number of ketones is 1. The van der Waals surface area contributed by atoms with E-state index in [4.69, 9.17) is 16.3 Å². The summed E-state index contributed by atoms with van der Waals surface area (Å²) in [5.74, 6) is 0.0814. The fourth-order valence-corrected chi connectivity index (χ4v) is 2.30. The first-order valence-electron chi connectivity index (χ1n) is 4.43. The third-order valence-corrected chi connectivity index (χ3v) is 3.69. The highest BCUT2D eigenvalue weighted by Crippen LogP contribution is 2.45. The molecule has 1 unspecified atom stereocenters. The molecule has 2 aliphatic heterocycles. The largest absolute Gasteiger partial charge is 0.361 e. The number of alkyl halides is 1. The number of hydrogen-bond donors (Lipinski definition) is 0. The van der Waals surface area contributed by atoms with Crippen molar-refractivity contribution in [2.45, 2.75) is 37.9 Å². The van der Waals surface area contributed by atoms with Crippen molar-refractivity contribution in [3.05, 3.63) is 12.2 Å². The molecule has 2 bridgehead atoms. The van der Waals surface area contributed by atoms with E-state index in [0.29, 0.717) is 0 Å². The molecule has 3 atom stereocenters. The first-order valence-corrected chi connectivity index (χ1v) is 4.87. The van der Waals surface area contributed by atoms with Gasteiger partial charge in [-0.2, -0.15) is 0 Å². The van der Waals surface area contributed by atoms with Crippen LogP contribution in [0.5, 0.6) is 0 Å². The normalized spacial score (nSPS) is 46.9. The monoisotopic (exact) mass is 200 g/mol. The van der Waals surface area contributed by atoms with E-state index >= 15 is 0 Å². The molecule has 0 aromatic heterocycles. The molecule has 0 radical (unpaired) electrons. The number of Topliss-reactive ketones (excluding diaryl/α,β-unsaturated/α-hetero) is 1. The Hall–Kier alpha value is -0.340. The zero-order chi connectivity index (χ0) is 9.85. The molecule has 1 fully saturated rings. The average Bonchev–Trinajstić information content (AvgIpc) is 2.43. The number of carbonyl (C=O) groups excluding carboxylic acids is 1. The lowest BCUT2D eigenvalue weighted by atomic mass is 9.77. The Balaban J connectivity index is 2.45. The summed E-state index contributed by atoms with van der Waals surface area (Å²) >= 11 is 6.06. The quantitative estimate of drug-likeness (QED) is 0.441. The number of rotatable bonds is 0. The van der Waals surface area contributed by atoms with Gasteiger partial charge < -0.3 is 4.74 Å². The lowest BCUT2D eigenvalue weighted by Crippen LogP contribution is -2.55. The summed E-state index contributed by atoms with van der Waals surface area (Å²) in [5, 5.41) is -0.558. The standard InChI is InChI=1S/C10H13ClO2/c1-9(2)6-4-5-10(3,13-6)7(11)8(9)12/h4-7H,1-3H3/t6-,7-,10?/m1/s1. The Morgan fingerprint density at radius 2 is 2.08 bits per heavy atom. The molecule has 2 aliphatic rings. The van der Waals surface area contributed by atoms with Crippen molar-refractivity contribution in [1.82, 2.24) is 0 Å². The summed E-state index contributed by atoms with van der Waals surface area (Å²) in [6.45, 7) is 5.61. The van der Waals surface area contributed by atoms with Crippen molar-refractivity contribution in [2.24, 2.45) is 5.41 Å². The number of carbonyl (C=O) groups is 1. The molecule has 72 valence electrons. The zero-order valence-corrected chi connectivity index (χ0v) is 8.76. The van der Waals surface area contributed by atoms with E-state index in [1.165, 1.54) is 0 Å². The van der Waals surface area contributed by atoms with Gasteiger partial charge in [-0.25, -0.2) is 0 Å². The van der Waals surface area contributed by atoms with Crippen LogP contribution in [0.4, 0.5) is 0 Å². The van der Waals surface area contributed by atoms with Crippen LogP contribution in [0.1, 0.15) is 20.8 Å². The molecule has 13 heavy (non-hydrogen) atoms. The summed E-state index contributed by atoms with van der Waals surface area (Å²) in [6, 6.07) is 0. The molecule has 2 nitrogen and oxygen atoms in total. The molecule has 0 aromatic rings. The second kappa shape index (κ2) is 2.37. The predicted octanol–water partition coefficient (Wildman–Crippen LogP) is 1.92. The van der Waals surface area contributed by atoms with Crippen molar-refractivity contribution in [3.63, 3.8) is 0 Å². The lowest BCUT2D eigenvalue weighted by Gasteiger charge is -2.42. The van der Waals surface area contributed by atoms with Gasteiger partial charge in [-0.15, -0.1) is 11.6 Å². The van der Waals surface area contributed by atoms with Gasteiger partial charge in [0, 0.05) is 0 Å². The summed E-state index contributed by atoms with van der Waals surface area (Å²) in [4.78, 5) is 11.9. The molecule has 0 saturated carbocycles. The Kier molecular flexibility index (Phi) is 1.68. The van der Waals surface area contributed by atoms with Gasteiger partial charge in [0.15, 0.2) is 5.78 Å². The molecular weight excluding hydrogens is 188 g/mol. The van der Waals surface area contributed by atoms with Crippen LogP contribution in [-0.2, 0) is 9.53 Å². The Bertz CT molecular complexity index is 295. The summed E-state index contributed by atoms with van der Waals surface area (Å²) < 4.78 is 5.72. The van der Waals surface area contributed by atoms with Crippen molar-refractivity contribution < 1.29 is 9.53 Å². The molecule has 3 heteroatoms. The molecule has 2 heterocycles. The first kappa shape index (κ1) is 9.22. The van der Waals surface area contributed by atoms with Crippen molar-refractivity contribution >= 4 is 17.4 Å². The van der Waals surface area contributed by atoms with E-state index in [1.807, 2.05) is 32.9 Å². The van der Waals surface area contributed by atoms with E-state index < -0.39 is 16.4 Å². The Labute approximate surface area is 82.9 Å². The highest BCUT2D eigenvalue weighted by atomic mass is 35.5. The number of ether oxygens (including phenoxy) is 1. The average molecular weight is 201 g/mol. The molecule has 0 spiro atoms. The molecule has 0 amide bonds. The van der Waals surface area contributed by atoms with Gasteiger partial charge in [0.25, 0.3) is 0 Å². The van der Waals surface area contributed by atoms with Crippen molar-refractivity contribution in [2.75, 3.05) is 0 Å². The summed E-state index contributed by atoms with van der Waals surface area (Å²) in [7, 11) is 0. The minimum atomic E-state index is -0.584. The fraction of sp³-hybridized carbons (Fsp3) is 0.700. The third kappa shape index (κ3) is 1.02. The van der Waals surface area contributed by atoms with E-state index in [-0.39, 0.29) is 11.9 Å². The van der Waals surface area contributed by atoms with Crippen LogP contribution in [-0.4, -0.2) is 22.9 Å². The van der Waals surface area contributed by atoms with E-state index in [2.05, 4.69) is 0 Å². The van der Waals surface area contributed by atoms with Crippen LogP contribution >= 0.6 is 11.6 Å². The van der Waals surface area contributed by atoms with Crippen LogP contribution in [0, 0.1) is 5.41 Å². The second-order valence-corrected chi connectivity index (χ2v) is 4.97. The summed E-state index contributed by atoms with van der Waals surface area (Å²) in [5.41, 5.74) is -1.07. The Morgan fingerprint density at radius 1 is 1.46 bits per heavy atom. The minimum absolute atomic E-state index is 0.0814. The first-order chi connectivity index (χ1) is 5.88. The zero-order valence-electron chi connectivity index (χ0n) is 8.00. The highest BCUT2D eigenvalue weighted by molar-refractivity contribution is 6.33. The fourth-order valence-electron chi connectivity index (χ4n) is 1.89. The molecule has 0 N–H and O–H groups in total. The lowest BCUT2D eigenvalue weighted by molar-refractivity contribution is -0.155. The predicted molar refractivity (Wildman–Crippen MR) is 50.8 cm³/mol. The van der Waals surface area contributed by atoms with Gasteiger partial charge in [-0.05, 0) is 6.92 Å². The maximum Gasteiger partial charge on any atom is 0.162 e. The van der Waals surface area contributed by atoms with Crippen LogP contribution < -0.4 is 0 Å².